The van der Waals surface area contributed by atoms with Crippen molar-refractivity contribution in [1.82, 2.24) is 5.32 Å². The first-order valence-electron chi connectivity index (χ1n) is 13.9. The molecule has 0 saturated carbocycles. The Labute approximate surface area is 235 Å². The highest BCUT2D eigenvalue weighted by atomic mass is 16.7. The maximum atomic E-state index is 12.8. The van der Waals surface area contributed by atoms with Crippen molar-refractivity contribution in [3.05, 3.63) is 23.0 Å². The molecule has 41 heavy (non-hydrogen) atoms. The van der Waals surface area contributed by atoms with Gasteiger partial charge in [-0.2, -0.15) is 0 Å². The molecule has 226 valence electrons. The highest BCUT2D eigenvalue weighted by molar-refractivity contribution is 5.95. The second-order valence-corrected chi connectivity index (χ2v) is 10.8. The first-order valence-corrected chi connectivity index (χ1v) is 13.9. The molecule has 2 fully saturated rings. The average molecular weight is 580 g/mol. The van der Waals surface area contributed by atoms with Gasteiger partial charge in [0, 0.05) is 48.4 Å². The summed E-state index contributed by atoms with van der Waals surface area (Å²) in [6.45, 7) is 1.14. The van der Waals surface area contributed by atoms with Crippen LogP contribution in [0.15, 0.2) is 10.7 Å². The van der Waals surface area contributed by atoms with Gasteiger partial charge < -0.3 is 54.2 Å². The molecule has 1 aliphatic carbocycles. The molecule has 1 aromatic carbocycles. The summed E-state index contributed by atoms with van der Waals surface area (Å²) in [7, 11) is 1.40. The number of rotatable bonds is 9. The Hall–Kier alpha value is -2.94. The average Bonchev–Trinajstić information content (AvgIpc) is 3.60. The van der Waals surface area contributed by atoms with E-state index >= 15 is 0 Å². The van der Waals surface area contributed by atoms with Crippen molar-refractivity contribution >= 4 is 22.8 Å². The van der Waals surface area contributed by atoms with Crippen LogP contribution in [0.3, 0.4) is 0 Å². The van der Waals surface area contributed by atoms with Gasteiger partial charge in [0.15, 0.2) is 16.9 Å². The highest BCUT2D eigenvalue weighted by Crippen LogP contribution is 2.50. The fourth-order valence-corrected chi connectivity index (χ4v) is 6.26. The summed E-state index contributed by atoms with van der Waals surface area (Å²) in [5.74, 6) is -0.839. The number of amides is 1. The number of esters is 1. The van der Waals surface area contributed by atoms with Crippen LogP contribution in [0.5, 0.6) is 11.5 Å². The molecule has 3 aliphatic rings. The normalized spacial score (nSPS) is 31.5. The predicted octanol–water partition coefficient (Wildman–Crippen LogP) is -0.356. The number of carbonyl (C=O) groups excluding carboxylic acids is 2. The number of benzene rings is 1. The van der Waals surface area contributed by atoms with Gasteiger partial charge >= 0.3 is 5.97 Å². The Bertz CT molecular complexity index is 1290. The lowest BCUT2D eigenvalue weighted by atomic mass is 9.79. The van der Waals surface area contributed by atoms with E-state index in [0.717, 1.165) is 16.5 Å². The van der Waals surface area contributed by atoms with Crippen LogP contribution in [-0.4, -0.2) is 101 Å². The number of hydrogen-bond acceptors (Lipinski definition) is 12. The number of hydrogen-bond donors (Lipinski definition) is 6. The van der Waals surface area contributed by atoms with E-state index in [9.17, 15) is 35.1 Å². The minimum absolute atomic E-state index is 0.0655. The van der Waals surface area contributed by atoms with E-state index in [4.69, 9.17) is 23.4 Å². The van der Waals surface area contributed by atoms with Crippen LogP contribution in [0.4, 0.5) is 0 Å². The standard InChI is InChI=1S/C28H37NO12/c1-3-38-26(35)13-4-5-15-16(8-13)22(41-27-28(36,6-7-30)25(34)21(33)18(11-31)40-27)24(37-2)23-20(15)17(12-39-23)14-9-19(32)29-10-14/h12-14,18,21,25,27,30-31,33-34,36H,3-11H2,1-2H3,(H,29,32)/t13-,14-,18-,21-,25+,27+,28-/m1/s1. The third-order valence-electron chi connectivity index (χ3n) is 8.45. The molecular formula is C28H37NO12. The maximum Gasteiger partial charge on any atom is 0.309 e. The van der Waals surface area contributed by atoms with Gasteiger partial charge in [0.05, 0.1) is 32.5 Å². The molecule has 2 aliphatic heterocycles. The molecule has 0 bridgehead atoms. The summed E-state index contributed by atoms with van der Waals surface area (Å²) in [5.41, 5.74) is 0.283. The van der Waals surface area contributed by atoms with Gasteiger partial charge in [-0.1, -0.05) is 0 Å². The van der Waals surface area contributed by atoms with E-state index in [1.165, 1.54) is 7.11 Å². The van der Waals surface area contributed by atoms with Crippen LogP contribution >= 0.6 is 0 Å². The Balaban J connectivity index is 1.66. The Morgan fingerprint density at radius 1 is 1.20 bits per heavy atom. The van der Waals surface area contributed by atoms with Gasteiger partial charge in [0.2, 0.25) is 17.9 Å². The molecule has 2 aromatic rings. The quantitative estimate of drug-likeness (QED) is 0.211. The zero-order valence-corrected chi connectivity index (χ0v) is 23.0. The summed E-state index contributed by atoms with van der Waals surface area (Å²) in [4.78, 5) is 24.8. The number of fused-ring (bicyclic) bond motifs is 3. The molecule has 0 spiro atoms. The number of carbonyl (C=O) groups is 2. The van der Waals surface area contributed by atoms with E-state index < -0.39 is 55.8 Å². The minimum Gasteiger partial charge on any atom is -0.490 e. The number of nitrogens with one attached hydrogen (secondary N) is 1. The highest BCUT2D eigenvalue weighted by Gasteiger charge is 2.56. The van der Waals surface area contributed by atoms with Crippen LogP contribution in [0.25, 0.3) is 11.0 Å². The Morgan fingerprint density at radius 3 is 2.61 bits per heavy atom. The summed E-state index contributed by atoms with van der Waals surface area (Å²) in [5, 5.41) is 55.7. The zero-order chi connectivity index (χ0) is 29.5. The third kappa shape index (κ3) is 5.04. The molecule has 5 rings (SSSR count). The largest absolute Gasteiger partial charge is 0.490 e. The minimum atomic E-state index is -2.27. The fourth-order valence-electron chi connectivity index (χ4n) is 6.26. The summed E-state index contributed by atoms with van der Waals surface area (Å²) < 4.78 is 29.1. The van der Waals surface area contributed by atoms with Crippen molar-refractivity contribution < 1.29 is 58.5 Å². The van der Waals surface area contributed by atoms with Crippen LogP contribution < -0.4 is 14.8 Å². The lowest BCUT2D eigenvalue weighted by Gasteiger charge is -2.47. The number of aliphatic hydroxyl groups is 5. The van der Waals surface area contributed by atoms with Crippen molar-refractivity contribution in [2.75, 3.05) is 33.5 Å². The summed E-state index contributed by atoms with van der Waals surface area (Å²) in [6.07, 6.45) is -3.84. The lowest BCUT2D eigenvalue weighted by Crippen LogP contribution is -2.68. The van der Waals surface area contributed by atoms with Gasteiger partial charge in [-0.15, -0.1) is 0 Å². The van der Waals surface area contributed by atoms with E-state index in [1.807, 2.05) is 0 Å². The Kier molecular flexibility index (Phi) is 8.46. The molecule has 2 saturated heterocycles. The van der Waals surface area contributed by atoms with Gasteiger partial charge in [0.25, 0.3) is 0 Å². The molecule has 0 radical (unpaired) electrons. The predicted molar refractivity (Wildman–Crippen MR) is 140 cm³/mol. The lowest BCUT2D eigenvalue weighted by molar-refractivity contribution is -0.323. The van der Waals surface area contributed by atoms with E-state index in [0.29, 0.717) is 37.0 Å². The van der Waals surface area contributed by atoms with Gasteiger partial charge in [-0.25, -0.2) is 0 Å². The van der Waals surface area contributed by atoms with Crippen molar-refractivity contribution in [2.45, 2.75) is 75.1 Å². The van der Waals surface area contributed by atoms with Crippen LogP contribution in [-0.2, 0) is 31.9 Å². The first kappa shape index (κ1) is 29.5. The van der Waals surface area contributed by atoms with Crippen molar-refractivity contribution in [1.29, 1.82) is 0 Å². The number of furan rings is 1. The molecule has 3 heterocycles. The molecule has 1 aromatic heterocycles. The van der Waals surface area contributed by atoms with Crippen LogP contribution in [0, 0.1) is 5.92 Å². The second-order valence-electron chi connectivity index (χ2n) is 10.8. The SMILES string of the molecule is CCOC(=O)[C@@H]1CCc2c(c(O[C@@H]3O[C@H](CO)[C@@H](O)[C@H](O)[C@]3(O)CCO)c(OC)c3occ([C@H]4CNC(=O)C4)c23)C1. The van der Waals surface area contributed by atoms with E-state index in [1.54, 1.807) is 13.2 Å². The van der Waals surface area contributed by atoms with E-state index in [2.05, 4.69) is 5.32 Å². The van der Waals surface area contributed by atoms with Crippen LogP contribution in [0.2, 0.25) is 0 Å². The summed E-state index contributed by atoms with van der Waals surface area (Å²) >= 11 is 0. The molecule has 7 atom stereocenters. The molecule has 0 unspecified atom stereocenters. The van der Waals surface area contributed by atoms with Crippen molar-refractivity contribution in [3.8, 4) is 11.5 Å². The topological polar surface area (TPSA) is 197 Å². The third-order valence-corrected chi connectivity index (χ3v) is 8.45. The number of aryl methyl sites for hydroxylation is 1. The number of ether oxygens (including phenoxy) is 4. The molecular weight excluding hydrogens is 542 g/mol. The summed E-state index contributed by atoms with van der Waals surface area (Å²) in [6, 6.07) is 0. The maximum absolute atomic E-state index is 12.8. The van der Waals surface area contributed by atoms with Crippen LogP contribution in [0.1, 0.15) is 48.8 Å². The van der Waals surface area contributed by atoms with E-state index in [-0.39, 0.29) is 42.3 Å². The number of aliphatic hydroxyl groups excluding tert-OH is 4. The van der Waals surface area contributed by atoms with Crippen molar-refractivity contribution in [3.63, 3.8) is 0 Å². The molecule has 6 N–H and O–H groups in total. The smallest absolute Gasteiger partial charge is 0.309 e. The molecule has 13 nitrogen and oxygen atoms in total. The zero-order valence-electron chi connectivity index (χ0n) is 23.0. The second kappa shape index (κ2) is 11.7. The first-order chi connectivity index (χ1) is 19.7. The fraction of sp³-hybridized carbons (Fsp3) is 0.643. The monoisotopic (exact) mass is 579 g/mol. The van der Waals surface area contributed by atoms with Gasteiger partial charge in [0.1, 0.15) is 18.3 Å². The molecule has 1 amide bonds. The van der Waals surface area contributed by atoms with Crippen molar-refractivity contribution in [2.24, 2.45) is 5.92 Å². The molecule has 13 heteroatoms. The van der Waals surface area contributed by atoms with Gasteiger partial charge in [-0.3, -0.25) is 9.59 Å². The van der Waals surface area contributed by atoms with Gasteiger partial charge in [-0.05, 0) is 31.7 Å². The number of methoxy groups -OCH3 is 1. The Morgan fingerprint density at radius 2 is 1.98 bits per heavy atom.